The van der Waals surface area contributed by atoms with Crippen LogP contribution in [0.1, 0.15) is 45.1 Å². The lowest BCUT2D eigenvalue weighted by atomic mass is 10.1. The van der Waals surface area contributed by atoms with Crippen LogP contribution in [0, 0.1) is 13.8 Å². The minimum absolute atomic E-state index is 0.00930. The molecule has 3 amide bonds. The molecule has 10 nitrogen and oxygen atoms in total. The second-order valence-electron chi connectivity index (χ2n) is 8.03. The third-order valence-corrected chi connectivity index (χ3v) is 6.69. The summed E-state index contributed by atoms with van der Waals surface area (Å²) in [5, 5.41) is 2.69. The second-order valence-corrected chi connectivity index (χ2v) is 9.71. The minimum Gasteiger partial charge on any atom is -0.326 e. The molecule has 2 N–H and O–H groups in total. The Balaban J connectivity index is 1.30. The number of amides is 3. The maximum atomic E-state index is 12.6. The standard InChI is InChI=1S/C24H23N5O5S/c1-15-14-21(26-16(2)25-15)28-35(33,34)18-11-9-17(10-12-18)27-22(30)8-5-13-29-23(31)19-6-3-4-7-20(19)24(29)32/h3-4,6-7,9-12,14H,5,8,13H2,1-2H3,(H,27,30)(H,25,26,28). The average Bonchev–Trinajstić information content (AvgIpc) is 3.03. The second kappa shape index (κ2) is 9.63. The van der Waals surface area contributed by atoms with E-state index in [4.69, 9.17) is 0 Å². The fourth-order valence-corrected chi connectivity index (χ4v) is 4.74. The Morgan fingerprint density at radius 3 is 2.17 bits per heavy atom. The molecule has 0 atom stereocenters. The van der Waals surface area contributed by atoms with Crippen molar-refractivity contribution in [3.63, 3.8) is 0 Å². The number of hydrogen-bond acceptors (Lipinski definition) is 7. The number of carbonyl (C=O) groups is 3. The predicted molar refractivity (Wildman–Crippen MR) is 128 cm³/mol. The highest BCUT2D eigenvalue weighted by Gasteiger charge is 2.34. The molecule has 0 saturated heterocycles. The molecule has 2 heterocycles. The van der Waals surface area contributed by atoms with Gasteiger partial charge in [-0.05, 0) is 56.7 Å². The number of aryl methyl sites for hydroxylation is 2. The van der Waals surface area contributed by atoms with Crippen LogP contribution in [0.2, 0.25) is 0 Å². The Morgan fingerprint density at radius 1 is 0.943 bits per heavy atom. The third kappa shape index (κ3) is 5.35. The van der Waals surface area contributed by atoms with E-state index in [0.717, 1.165) is 4.90 Å². The third-order valence-electron chi connectivity index (χ3n) is 5.32. The smallest absolute Gasteiger partial charge is 0.263 e. The lowest BCUT2D eigenvalue weighted by Crippen LogP contribution is -2.31. The number of aromatic nitrogens is 2. The first-order chi connectivity index (χ1) is 16.6. The van der Waals surface area contributed by atoms with Gasteiger partial charge in [-0.3, -0.25) is 24.0 Å². The van der Waals surface area contributed by atoms with Gasteiger partial charge in [0.2, 0.25) is 5.91 Å². The maximum Gasteiger partial charge on any atom is 0.263 e. The molecule has 0 radical (unpaired) electrons. The van der Waals surface area contributed by atoms with Gasteiger partial charge in [-0.15, -0.1) is 0 Å². The van der Waals surface area contributed by atoms with Gasteiger partial charge in [0.15, 0.2) is 0 Å². The van der Waals surface area contributed by atoms with Gasteiger partial charge >= 0.3 is 0 Å². The number of nitrogens with one attached hydrogen (secondary N) is 2. The van der Waals surface area contributed by atoms with E-state index in [2.05, 4.69) is 20.0 Å². The van der Waals surface area contributed by atoms with Gasteiger partial charge in [0, 0.05) is 30.4 Å². The zero-order chi connectivity index (χ0) is 25.2. The van der Waals surface area contributed by atoms with Crippen molar-refractivity contribution in [2.75, 3.05) is 16.6 Å². The van der Waals surface area contributed by atoms with E-state index in [9.17, 15) is 22.8 Å². The number of carbonyl (C=O) groups excluding carboxylic acids is 3. The molecule has 1 aliphatic heterocycles. The van der Waals surface area contributed by atoms with Crippen LogP contribution in [0.5, 0.6) is 0 Å². The van der Waals surface area contributed by atoms with Crippen molar-refractivity contribution >= 4 is 39.3 Å². The highest BCUT2D eigenvalue weighted by molar-refractivity contribution is 7.92. The highest BCUT2D eigenvalue weighted by atomic mass is 32.2. The Bertz CT molecular complexity index is 1370. The lowest BCUT2D eigenvalue weighted by Gasteiger charge is -2.13. The van der Waals surface area contributed by atoms with E-state index >= 15 is 0 Å². The normalized spacial score (nSPS) is 13.0. The van der Waals surface area contributed by atoms with Gasteiger partial charge in [-0.1, -0.05) is 12.1 Å². The molecule has 1 aliphatic rings. The summed E-state index contributed by atoms with van der Waals surface area (Å²) in [5.74, 6) is -0.413. The summed E-state index contributed by atoms with van der Waals surface area (Å²) in [5.41, 5.74) is 1.80. The molecule has 0 spiro atoms. The Kier molecular flexibility index (Phi) is 6.61. The predicted octanol–water partition coefficient (Wildman–Crippen LogP) is 2.91. The van der Waals surface area contributed by atoms with Crippen LogP contribution in [-0.2, 0) is 14.8 Å². The number of imide groups is 1. The summed E-state index contributed by atoms with van der Waals surface area (Å²) >= 11 is 0. The molecular weight excluding hydrogens is 470 g/mol. The molecule has 35 heavy (non-hydrogen) atoms. The summed E-state index contributed by atoms with van der Waals surface area (Å²) < 4.78 is 27.7. The summed E-state index contributed by atoms with van der Waals surface area (Å²) in [6.07, 6.45) is 0.382. The summed E-state index contributed by atoms with van der Waals surface area (Å²) in [4.78, 5) is 46.4. The summed E-state index contributed by atoms with van der Waals surface area (Å²) in [6.45, 7) is 3.54. The molecule has 3 aromatic rings. The first-order valence-corrected chi connectivity index (χ1v) is 12.3. The van der Waals surface area contributed by atoms with Gasteiger partial charge < -0.3 is 5.32 Å². The fourth-order valence-electron chi connectivity index (χ4n) is 3.75. The van der Waals surface area contributed by atoms with E-state index in [1.54, 1.807) is 38.1 Å². The molecule has 0 bridgehead atoms. The zero-order valence-corrected chi connectivity index (χ0v) is 19.9. The van der Waals surface area contributed by atoms with Crippen molar-refractivity contribution in [2.45, 2.75) is 31.6 Å². The minimum atomic E-state index is -3.87. The van der Waals surface area contributed by atoms with Gasteiger partial charge in [0.05, 0.1) is 16.0 Å². The summed E-state index contributed by atoms with van der Waals surface area (Å²) in [6, 6.07) is 13.8. The molecular formula is C24H23N5O5S. The molecule has 0 fully saturated rings. The number of hydrogen-bond donors (Lipinski definition) is 2. The Labute approximate surface area is 202 Å². The molecule has 2 aromatic carbocycles. The van der Waals surface area contributed by atoms with Gasteiger partial charge in [0.25, 0.3) is 21.8 Å². The first-order valence-electron chi connectivity index (χ1n) is 10.8. The van der Waals surface area contributed by atoms with E-state index in [-0.39, 0.29) is 41.4 Å². The zero-order valence-electron chi connectivity index (χ0n) is 19.1. The van der Waals surface area contributed by atoms with Crippen LogP contribution in [0.25, 0.3) is 0 Å². The molecule has 0 saturated carbocycles. The van der Waals surface area contributed by atoms with E-state index in [1.807, 2.05) is 0 Å². The summed E-state index contributed by atoms with van der Waals surface area (Å²) in [7, 11) is -3.87. The molecule has 180 valence electrons. The van der Waals surface area contributed by atoms with Crippen molar-refractivity contribution in [3.05, 3.63) is 77.2 Å². The van der Waals surface area contributed by atoms with Gasteiger partial charge in [0.1, 0.15) is 11.6 Å². The highest BCUT2D eigenvalue weighted by Crippen LogP contribution is 2.23. The van der Waals surface area contributed by atoms with Gasteiger partial charge in [-0.2, -0.15) is 0 Å². The number of rotatable bonds is 8. The quantitative estimate of drug-likeness (QED) is 0.460. The largest absolute Gasteiger partial charge is 0.326 e. The van der Waals surface area contributed by atoms with Gasteiger partial charge in [-0.25, -0.2) is 18.4 Å². The van der Waals surface area contributed by atoms with Crippen LogP contribution in [-0.4, -0.2) is 47.6 Å². The lowest BCUT2D eigenvalue weighted by molar-refractivity contribution is -0.116. The van der Waals surface area contributed by atoms with Crippen molar-refractivity contribution in [3.8, 4) is 0 Å². The SMILES string of the molecule is Cc1cc(NS(=O)(=O)c2ccc(NC(=O)CCCN3C(=O)c4ccccc4C3=O)cc2)nc(C)n1. The first kappa shape index (κ1) is 24.0. The number of fused-ring (bicyclic) bond motifs is 1. The van der Waals surface area contributed by atoms with Crippen molar-refractivity contribution in [1.29, 1.82) is 0 Å². The Hall–Kier alpha value is -4.12. The van der Waals surface area contributed by atoms with Crippen LogP contribution in [0.4, 0.5) is 11.5 Å². The number of sulfonamides is 1. The monoisotopic (exact) mass is 493 g/mol. The molecule has 1 aromatic heterocycles. The Morgan fingerprint density at radius 2 is 1.57 bits per heavy atom. The van der Waals surface area contributed by atoms with E-state index in [1.165, 1.54) is 30.3 Å². The van der Waals surface area contributed by atoms with Crippen molar-refractivity contribution in [1.82, 2.24) is 14.9 Å². The van der Waals surface area contributed by atoms with E-state index in [0.29, 0.717) is 34.8 Å². The van der Waals surface area contributed by atoms with Crippen LogP contribution < -0.4 is 10.0 Å². The molecule has 0 aliphatic carbocycles. The number of anilines is 2. The molecule has 0 unspecified atom stereocenters. The number of nitrogens with zero attached hydrogens (tertiary/aromatic N) is 3. The average molecular weight is 494 g/mol. The fraction of sp³-hybridized carbons (Fsp3) is 0.208. The number of benzene rings is 2. The van der Waals surface area contributed by atoms with Crippen molar-refractivity contribution in [2.24, 2.45) is 0 Å². The van der Waals surface area contributed by atoms with Crippen LogP contribution in [0.15, 0.2) is 59.5 Å². The topological polar surface area (TPSA) is 138 Å². The maximum absolute atomic E-state index is 12.6. The van der Waals surface area contributed by atoms with Crippen LogP contribution >= 0.6 is 0 Å². The van der Waals surface area contributed by atoms with Crippen LogP contribution in [0.3, 0.4) is 0 Å². The van der Waals surface area contributed by atoms with Crippen molar-refractivity contribution < 1.29 is 22.8 Å². The molecule has 4 rings (SSSR count). The van der Waals surface area contributed by atoms with E-state index < -0.39 is 10.0 Å². The molecule has 11 heteroatoms.